The number of methoxy groups -OCH3 is 1. The van der Waals surface area contributed by atoms with Gasteiger partial charge in [-0.2, -0.15) is 5.10 Å². The van der Waals surface area contributed by atoms with Gasteiger partial charge < -0.3 is 14.8 Å². The van der Waals surface area contributed by atoms with E-state index in [1.54, 1.807) is 14.2 Å². The molecule has 1 fully saturated rings. The van der Waals surface area contributed by atoms with Crippen LogP contribution < -0.4 is 10.9 Å². The van der Waals surface area contributed by atoms with E-state index >= 15 is 0 Å². The first-order chi connectivity index (χ1) is 8.58. The number of hydrogen-bond donors (Lipinski definition) is 1. The van der Waals surface area contributed by atoms with Gasteiger partial charge in [0.05, 0.1) is 18.5 Å². The third-order valence-corrected chi connectivity index (χ3v) is 3.54. The Kier molecular flexibility index (Phi) is 3.89. The lowest BCUT2D eigenvalue weighted by Gasteiger charge is -2.26. The minimum absolute atomic E-state index is 0.137. The first-order valence-corrected chi connectivity index (χ1v) is 6.04. The molecule has 0 aliphatic carbocycles. The van der Waals surface area contributed by atoms with E-state index in [0.717, 1.165) is 6.42 Å². The zero-order chi connectivity index (χ0) is 13.2. The number of anilines is 1. The monoisotopic (exact) mass is 273 g/mol. The van der Waals surface area contributed by atoms with Gasteiger partial charge in [0, 0.05) is 33.7 Å². The van der Waals surface area contributed by atoms with Crippen LogP contribution in [0.4, 0.5) is 5.69 Å². The molecule has 1 N–H and O–H groups in total. The Labute approximate surface area is 110 Å². The summed E-state index contributed by atoms with van der Waals surface area (Å²) in [5.41, 5.74) is -0.163. The van der Waals surface area contributed by atoms with E-state index in [4.69, 9.17) is 21.1 Å². The average Bonchev–Trinajstić information content (AvgIpc) is 2.85. The Balaban J connectivity index is 2.11. The molecule has 1 aliphatic rings. The highest BCUT2D eigenvalue weighted by molar-refractivity contribution is 6.32. The number of nitrogens with one attached hydrogen (secondary N) is 1. The fourth-order valence-electron chi connectivity index (χ4n) is 1.85. The maximum absolute atomic E-state index is 11.6. The number of rotatable bonds is 4. The summed E-state index contributed by atoms with van der Waals surface area (Å²) in [6.07, 6.45) is 2.34. The molecule has 1 unspecified atom stereocenters. The van der Waals surface area contributed by atoms with Crippen LogP contribution in [0.1, 0.15) is 6.42 Å². The first-order valence-electron chi connectivity index (χ1n) is 5.66. The predicted molar refractivity (Wildman–Crippen MR) is 68.2 cm³/mol. The maximum atomic E-state index is 11.6. The molecular weight excluding hydrogens is 258 g/mol. The van der Waals surface area contributed by atoms with Gasteiger partial charge in [-0.05, 0) is 0 Å². The number of nitrogens with zero attached hydrogens (tertiary/aromatic N) is 2. The molecule has 1 aromatic heterocycles. The molecule has 1 aromatic rings. The van der Waals surface area contributed by atoms with Crippen LogP contribution >= 0.6 is 11.6 Å². The zero-order valence-corrected chi connectivity index (χ0v) is 11.2. The molecule has 100 valence electrons. The van der Waals surface area contributed by atoms with Gasteiger partial charge >= 0.3 is 0 Å². The number of aromatic nitrogens is 2. The first kappa shape index (κ1) is 13.3. The van der Waals surface area contributed by atoms with Gasteiger partial charge in [-0.15, -0.1) is 0 Å². The quantitative estimate of drug-likeness (QED) is 0.873. The second-order valence-corrected chi connectivity index (χ2v) is 4.72. The van der Waals surface area contributed by atoms with Crippen molar-refractivity contribution in [1.29, 1.82) is 0 Å². The second kappa shape index (κ2) is 5.26. The third-order valence-electron chi connectivity index (χ3n) is 3.18. The summed E-state index contributed by atoms with van der Waals surface area (Å²) in [4.78, 5) is 11.6. The minimum Gasteiger partial charge on any atom is -0.379 e. The Hall–Kier alpha value is -1.11. The smallest absolute Gasteiger partial charge is 0.287 e. The predicted octanol–water partition coefficient (Wildman–Crippen LogP) is 0.651. The van der Waals surface area contributed by atoms with Crippen LogP contribution in [0.15, 0.2) is 11.0 Å². The van der Waals surface area contributed by atoms with Crippen molar-refractivity contribution in [1.82, 2.24) is 9.78 Å². The van der Waals surface area contributed by atoms with Crippen molar-refractivity contribution in [2.75, 3.05) is 32.2 Å². The van der Waals surface area contributed by atoms with Crippen molar-refractivity contribution in [3.05, 3.63) is 21.6 Å². The summed E-state index contributed by atoms with van der Waals surface area (Å²) in [5, 5.41) is 7.16. The van der Waals surface area contributed by atoms with Crippen LogP contribution in [0.5, 0.6) is 0 Å². The molecule has 0 spiro atoms. The van der Waals surface area contributed by atoms with E-state index in [1.165, 1.54) is 10.9 Å². The van der Waals surface area contributed by atoms with E-state index in [0.29, 0.717) is 25.4 Å². The number of halogens is 1. The molecule has 1 aliphatic heterocycles. The van der Waals surface area contributed by atoms with Crippen molar-refractivity contribution in [2.45, 2.75) is 12.0 Å². The van der Waals surface area contributed by atoms with Crippen LogP contribution in [-0.4, -0.2) is 42.2 Å². The Bertz CT molecular complexity index is 483. The molecule has 6 nitrogen and oxygen atoms in total. The van der Waals surface area contributed by atoms with E-state index in [2.05, 4.69) is 10.4 Å². The maximum Gasteiger partial charge on any atom is 0.287 e. The molecule has 0 saturated carbocycles. The normalized spacial score (nSPS) is 23.3. The summed E-state index contributed by atoms with van der Waals surface area (Å²) < 4.78 is 12.0. The average molecular weight is 274 g/mol. The third kappa shape index (κ3) is 2.50. The van der Waals surface area contributed by atoms with Gasteiger partial charge in [0.15, 0.2) is 0 Å². The summed E-state index contributed by atoms with van der Waals surface area (Å²) >= 11 is 5.96. The van der Waals surface area contributed by atoms with E-state index in [1.807, 2.05) is 0 Å². The van der Waals surface area contributed by atoms with Gasteiger partial charge in [0.2, 0.25) is 0 Å². The minimum atomic E-state index is -0.357. The lowest BCUT2D eigenvalue weighted by Crippen LogP contribution is -2.40. The molecule has 0 aromatic carbocycles. The van der Waals surface area contributed by atoms with Crippen molar-refractivity contribution < 1.29 is 9.47 Å². The van der Waals surface area contributed by atoms with Crippen molar-refractivity contribution in [3.8, 4) is 0 Å². The highest BCUT2D eigenvalue weighted by Crippen LogP contribution is 2.24. The highest BCUT2D eigenvalue weighted by Gasteiger charge is 2.34. The molecule has 2 heterocycles. The Morgan fingerprint density at radius 2 is 2.50 bits per heavy atom. The largest absolute Gasteiger partial charge is 0.379 e. The van der Waals surface area contributed by atoms with Crippen molar-refractivity contribution in [2.24, 2.45) is 7.05 Å². The van der Waals surface area contributed by atoms with E-state index < -0.39 is 0 Å². The molecule has 1 atom stereocenters. The lowest BCUT2D eigenvalue weighted by molar-refractivity contribution is -0.00620. The SMILES string of the molecule is COC1(CNc2cnn(C)c(=O)c2Cl)CCOC1. The van der Waals surface area contributed by atoms with Gasteiger partial charge in [0.25, 0.3) is 5.56 Å². The highest BCUT2D eigenvalue weighted by atomic mass is 35.5. The van der Waals surface area contributed by atoms with E-state index in [9.17, 15) is 4.79 Å². The van der Waals surface area contributed by atoms with Crippen molar-refractivity contribution in [3.63, 3.8) is 0 Å². The fraction of sp³-hybridized carbons (Fsp3) is 0.636. The van der Waals surface area contributed by atoms with Crippen LogP contribution in [0, 0.1) is 0 Å². The Morgan fingerprint density at radius 3 is 3.11 bits per heavy atom. The molecule has 0 radical (unpaired) electrons. The fourth-order valence-corrected chi connectivity index (χ4v) is 2.09. The summed E-state index contributed by atoms with van der Waals surface area (Å²) in [5.74, 6) is 0. The lowest BCUT2D eigenvalue weighted by atomic mass is 10.0. The van der Waals surface area contributed by atoms with E-state index in [-0.39, 0.29) is 16.2 Å². The van der Waals surface area contributed by atoms with Gasteiger partial charge in [0.1, 0.15) is 10.6 Å². The second-order valence-electron chi connectivity index (χ2n) is 4.34. The summed E-state index contributed by atoms with van der Waals surface area (Å²) in [7, 11) is 3.21. The van der Waals surface area contributed by atoms with Gasteiger partial charge in [-0.3, -0.25) is 4.79 Å². The zero-order valence-electron chi connectivity index (χ0n) is 10.4. The molecule has 0 amide bonds. The van der Waals surface area contributed by atoms with Crippen LogP contribution in [-0.2, 0) is 16.5 Å². The topological polar surface area (TPSA) is 65.4 Å². The number of hydrogen-bond acceptors (Lipinski definition) is 5. The van der Waals surface area contributed by atoms with Gasteiger partial charge in [-0.25, -0.2) is 4.68 Å². The molecule has 1 saturated heterocycles. The molecule has 2 rings (SSSR count). The van der Waals surface area contributed by atoms with Gasteiger partial charge in [-0.1, -0.05) is 11.6 Å². The number of ether oxygens (including phenoxy) is 2. The van der Waals surface area contributed by atoms with Crippen molar-refractivity contribution >= 4 is 17.3 Å². The molecule has 7 heteroatoms. The van der Waals surface area contributed by atoms with Crippen LogP contribution in [0.2, 0.25) is 5.02 Å². The van der Waals surface area contributed by atoms with Crippen LogP contribution in [0.25, 0.3) is 0 Å². The molecule has 0 bridgehead atoms. The molecule has 18 heavy (non-hydrogen) atoms. The standard InChI is InChI=1S/C11H16ClN3O3/c1-15-10(16)9(12)8(5-14-15)13-6-11(17-2)3-4-18-7-11/h5,13H,3-4,6-7H2,1-2H3. The summed E-state index contributed by atoms with van der Waals surface area (Å²) in [6.45, 7) is 1.74. The molecular formula is C11H16ClN3O3. The summed E-state index contributed by atoms with van der Waals surface area (Å²) in [6, 6.07) is 0. The Morgan fingerprint density at radius 1 is 1.72 bits per heavy atom. The number of aryl methyl sites for hydroxylation is 1. The van der Waals surface area contributed by atoms with Crippen LogP contribution in [0.3, 0.4) is 0 Å².